The molecule has 0 radical (unpaired) electrons. The maximum Gasteiger partial charge on any atom is 0.408 e. The number of alkyl carbamates (subject to hydrolysis) is 1. The number of piperidine rings is 1. The summed E-state index contributed by atoms with van der Waals surface area (Å²) in [5.41, 5.74) is -0.989. The molecule has 0 bridgehead atoms. The van der Waals surface area contributed by atoms with Crippen molar-refractivity contribution < 1.29 is 14.3 Å². The Labute approximate surface area is 208 Å². The highest BCUT2D eigenvalue weighted by atomic mass is 16.6. The highest BCUT2D eigenvalue weighted by Crippen LogP contribution is 2.42. The zero-order chi connectivity index (χ0) is 25.9. The first-order valence-electron chi connectivity index (χ1n) is 13.2. The molecule has 2 N–H and O–H groups in total. The molecule has 6 heteroatoms. The number of amides is 2. The van der Waals surface area contributed by atoms with Crippen molar-refractivity contribution in [2.75, 3.05) is 7.05 Å². The number of nitrogens with one attached hydrogen (secondary N) is 2. The van der Waals surface area contributed by atoms with E-state index in [2.05, 4.69) is 70.2 Å². The summed E-state index contributed by atoms with van der Waals surface area (Å²) in [5.74, 6) is 0.546. The average molecular weight is 478 g/mol. The molecule has 0 aromatic rings. The van der Waals surface area contributed by atoms with Gasteiger partial charge in [-0.15, -0.1) is 0 Å². The lowest BCUT2D eigenvalue weighted by molar-refractivity contribution is -0.130. The highest BCUT2D eigenvalue weighted by Gasteiger charge is 2.46. The molecular weight excluding hydrogens is 426 g/mol. The van der Waals surface area contributed by atoms with Crippen LogP contribution in [0.1, 0.15) is 107 Å². The summed E-state index contributed by atoms with van der Waals surface area (Å²) < 4.78 is 5.48. The average Bonchev–Trinajstić information content (AvgIpc) is 3.12. The fraction of sp³-hybridized carbons (Fsp3) is 0.857. The standard InChI is InChI=1S/C28H51N3O3/c1-20(2)17-21(30-24(33)34-25(3,4)5)13-16-28(14-11-12-15-28)23(32)29-22-18-26(6,7)31(10)27(8,9)19-22/h13,16,20-22H,11-12,14-15,17-19H2,1-10H3,(H,29,32)(H,30,33)/b16-13+/t21-/m1/s1. The Bertz CT molecular complexity index is 724. The molecule has 1 saturated carbocycles. The number of ether oxygens (including phenoxy) is 1. The van der Waals surface area contributed by atoms with Crippen LogP contribution in [0.25, 0.3) is 0 Å². The normalized spacial score (nSPS) is 23.7. The first kappa shape index (κ1) is 28.7. The molecule has 196 valence electrons. The first-order chi connectivity index (χ1) is 15.5. The molecule has 1 atom stereocenters. The minimum absolute atomic E-state index is 0.0259. The van der Waals surface area contributed by atoms with Crippen molar-refractivity contribution in [1.29, 1.82) is 0 Å². The van der Waals surface area contributed by atoms with Crippen LogP contribution >= 0.6 is 0 Å². The van der Waals surface area contributed by atoms with Crippen LogP contribution in [-0.2, 0) is 9.53 Å². The lowest BCUT2D eigenvalue weighted by Crippen LogP contribution is -2.63. The molecule has 2 amide bonds. The highest BCUT2D eigenvalue weighted by molar-refractivity contribution is 5.85. The summed E-state index contributed by atoms with van der Waals surface area (Å²) in [6.45, 7) is 18.9. The van der Waals surface area contributed by atoms with Gasteiger partial charge in [0.2, 0.25) is 5.91 Å². The van der Waals surface area contributed by atoms with E-state index >= 15 is 0 Å². The lowest BCUT2D eigenvalue weighted by atomic mass is 9.76. The van der Waals surface area contributed by atoms with Gasteiger partial charge in [0.05, 0.1) is 11.5 Å². The summed E-state index contributed by atoms with van der Waals surface area (Å²) in [4.78, 5) is 28.6. The van der Waals surface area contributed by atoms with E-state index in [-0.39, 0.29) is 29.1 Å². The smallest absolute Gasteiger partial charge is 0.408 e. The zero-order valence-electron chi connectivity index (χ0n) is 23.5. The Kier molecular flexibility index (Phi) is 8.93. The van der Waals surface area contributed by atoms with Gasteiger partial charge in [0.25, 0.3) is 0 Å². The molecule has 2 rings (SSSR count). The minimum atomic E-state index is -0.543. The number of carbonyl (C=O) groups excluding carboxylic acids is 2. The molecule has 2 fully saturated rings. The molecule has 1 heterocycles. The molecule has 0 spiro atoms. The Balaban J connectivity index is 2.17. The summed E-state index contributed by atoms with van der Waals surface area (Å²) in [6, 6.07) is -0.00718. The van der Waals surface area contributed by atoms with Crippen molar-refractivity contribution in [3.8, 4) is 0 Å². The van der Waals surface area contributed by atoms with E-state index < -0.39 is 17.1 Å². The van der Waals surface area contributed by atoms with Crippen LogP contribution in [0.5, 0.6) is 0 Å². The summed E-state index contributed by atoms with van der Waals surface area (Å²) in [7, 11) is 2.19. The van der Waals surface area contributed by atoms with Crippen LogP contribution in [-0.4, -0.2) is 52.7 Å². The van der Waals surface area contributed by atoms with E-state index in [0.29, 0.717) is 5.92 Å². The Morgan fingerprint density at radius 2 is 1.59 bits per heavy atom. The fourth-order valence-electron chi connectivity index (χ4n) is 5.73. The van der Waals surface area contributed by atoms with Gasteiger partial charge in [-0.2, -0.15) is 0 Å². The van der Waals surface area contributed by atoms with E-state index in [1.54, 1.807) is 0 Å². The summed E-state index contributed by atoms with van der Waals surface area (Å²) in [6.07, 6.45) is 10.2. The maximum atomic E-state index is 13.7. The van der Waals surface area contributed by atoms with Crippen molar-refractivity contribution in [1.82, 2.24) is 15.5 Å². The number of carbonyl (C=O) groups is 2. The van der Waals surface area contributed by atoms with Gasteiger partial charge in [0.15, 0.2) is 0 Å². The largest absolute Gasteiger partial charge is 0.444 e. The monoisotopic (exact) mass is 477 g/mol. The van der Waals surface area contributed by atoms with Gasteiger partial charge >= 0.3 is 6.09 Å². The maximum absolute atomic E-state index is 13.7. The second-order valence-corrected chi connectivity index (χ2v) is 13.4. The molecule has 2 aliphatic rings. The van der Waals surface area contributed by atoms with Crippen LogP contribution < -0.4 is 10.6 Å². The van der Waals surface area contributed by atoms with Gasteiger partial charge in [0, 0.05) is 17.1 Å². The van der Waals surface area contributed by atoms with E-state index in [4.69, 9.17) is 4.74 Å². The second kappa shape index (κ2) is 10.6. The van der Waals surface area contributed by atoms with Crippen molar-refractivity contribution in [2.24, 2.45) is 11.3 Å². The third-order valence-corrected chi connectivity index (χ3v) is 7.67. The zero-order valence-corrected chi connectivity index (χ0v) is 23.5. The molecule has 0 aromatic carbocycles. The predicted octanol–water partition coefficient (Wildman–Crippen LogP) is 5.81. The van der Waals surface area contributed by atoms with E-state index in [0.717, 1.165) is 44.9 Å². The topological polar surface area (TPSA) is 70.7 Å². The quantitative estimate of drug-likeness (QED) is 0.454. The van der Waals surface area contributed by atoms with E-state index in [1.165, 1.54) is 0 Å². The number of hydrogen-bond acceptors (Lipinski definition) is 4. The van der Waals surface area contributed by atoms with Gasteiger partial charge in [0.1, 0.15) is 5.60 Å². The van der Waals surface area contributed by atoms with Gasteiger partial charge in [-0.25, -0.2) is 4.79 Å². The van der Waals surface area contributed by atoms with Crippen molar-refractivity contribution in [2.45, 2.75) is 136 Å². The van der Waals surface area contributed by atoms with Crippen molar-refractivity contribution >= 4 is 12.0 Å². The first-order valence-corrected chi connectivity index (χ1v) is 13.2. The molecule has 0 aromatic heterocycles. The van der Waals surface area contributed by atoms with Crippen LogP contribution in [0.2, 0.25) is 0 Å². The number of hydrogen-bond donors (Lipinski definition) is 2. The van der Waals surface area contributed by atoms with Gasteiger partial charge in [-0.05, 0) is 93.5 Å². The minimum Gasteiger partial charge on any atom is -0.444 e. The SMILES string of the molecule is CC(C)C[C@@H](/C=C/C1(C(=O)NC2CC(C)(C)N(C)C(C)(C)C2)CCCC1)NC(=O)OC(C)(C)C. The molecule has 34 heavy (non-hydrogen) atoms. The summed E-state index contributed by atoms with van der Waals surface area (Å²) >= 11 is 0. The van der Waals surface area contributed by atoms with Crippen LogP contribution in [0, 0.1) is 11.3 Å². The van der Waals surface area contributed by atoms with Gasteiger partial charge < -0.3 is 15.4 Å². The van der Waals surface area contributed by atoms with Gasteiger partial charge in [-0.3, -0.25) is 9.69 Å². The van der Waals surface area contributed by atoms with Crippen molar-refractivity contribution in [3.63, 3.8) is 0 Å². The number of likely N-dealkylation sites (tertiary alicyclic amines) is 1. The predicted molar refractivity (Wildman–Crippen MR) is 140 cm³/mol. The molecule has 1 saturated heterocycles. The molecular formula is C28H51N3O3. The van der Waals surface area contributed by atoms with E-state index in [1.807, 2.05) is 26.8 Å². The molecule has 6 nitrogen and oxygen atoms in total. The van der Waals surface area contributed by atoms with Crippen molar-refractivity contribution in [3.05, 3.63) is 12.2 Å². The van der Waals surface area contributed by atoms with Gasteiger partial charge in [-0.1, -0.05) is 38.8 Å². The van der Waals surface area contributed by atoms with Crippen LogP contribution in [0.4, 0.5) is 4.79 Å². The molecule has 1 aliphatic heterocycles. The third kappa shape index (κ3) is 7.73. The Hall–Kier alpha value is -1.56. The van der Waals surface area contributed by atoms with Crippen LogP contribution in [0.3, 0.4) is 0 Å². The number of nitrogens with zero attached hydrogens (tertiary/aromatic N) is 1. The Morgan fingerprint density at radius 1 is 1.06 bits per heavy atom. The fourth-order valence-corrected chi connectivity index (χ4v) is 5.73. The third-order valence-electron chi connectivity index (χ3n) is 7.67. The lowest BCUT2D eigenvalue weighted by Gasteiger charge is -2.54. The summed E-state index contributed by atoms with van der Waals surface area (Å²) in [5, 5.41) is 6.45. The Morgan fingerprint density at radius 3 is 2.06 bits per heavy atom. The molecule has 0 unspecified atom stereocenters. The van der Waals surface area contributed by atoms with E-state index in [9.17, 15) is 9.59 Å². The second-order valence-electron chi connectivity index (χ2n) is 13.4. The number of rotatable bonds is 7. The van der Waals surface area contributed by atoms with Crippen LogP contribution in [0.15, 0.2) is 12.2 Å². The molecule has 1 aliphatic carbocycles.